The van der Waals surface area contributed by atoms with Crippen LogP contribution in [0.5, 0.6) is 0 Å². The van der Waals surface area contributed by atoms with Crippen LogP contribution in [0.3, 0.4) is 0 Å². The predicted molar refractivity (Wildman–Crippen MR) is 127 cm³/mol. The molecule has 1 N–H and O–H groups in total. The van der Waals surface area contributed by atoms with Gasteiger partial charge >= 0.3 is 12.1 Å². The summed E-state index contributed by atoms with van der Waals surface area (Å²) in [6, 6.07) is 15.7. The van der Waals surface area contributed by atoms with Gasteiger partial charge in [0, 0.05) is 6.42 Å². The van der Waals surface area contributed by atoms with Crippen molar-refractivity contribution in [3.8, 4) is 0 Å². The lowest BCUT2D eigenvalue weighted by Crippen LogP contribution is -2.57. The first kappa shape index (κ1) is 23.8. The zero-order valence-corrected chi connectivity index (χ0v) is 19.6. The lowest BCUT2D eigenvalue weighted by Gasteiger charge is -2.37. The number of fused-ring (bicyclic) bond motifs is 1. The second-order valence-electron chi connectivity index (χ2n) is 9.06. The number of hydrogen-bond donors (Lipinski definition) is 1. The van der Waals surface area contributed by atoms with E-state index in [-0.39, 0.29) is 25.0 Å². The quantitative estimate of drug-likeness (QED) is 0.654. The molecule has 0 spiro atoms. The van der Waals surface area contributed by atoms with Crippen molar-refractivity contribution in [3.63, 3.8) is 0 Å². The number of esters is 1. The average molecular weight is 465 g/mol. The van der Waals surface area contributed by atoms with E-state index in [1.807, 2.05) is 54.6 Å². The van der Waals surface area contributed by atoms with Crippen LogP contribution in [0.4, 0.5) is 4.79 Å². The molecule has 0 aromatic heterocycles. The molecular weight excluding hydrogens is 432 g/mol. The molecule has 0 saturated heterocycles. The number of ether oxygens (including phenoxy) is 2. The Morgan fingerprint density at radius 1 is 0.971 bits per heavy atom. The summed E-state index contributed by atoms with van der Waals surface area (Å²) in [7, 11) is 1.34. The highest BCUT2D eigenvalue weighted by atomic mass is 16.6. The standard InChI is InChI=1S/C27H32N2O5/c1-33-26(31)24(20-12-6-3-7-13-20)28-25(30)23-16-21-14-8-9-15-22(21)17-29(23)27(32)34-18-19-10-4-2-5-11-19/h2,4-5,8-11,14-15,20,23-24H,3,6-7,12-13,16-18H2,1H3,(H,28,30)/t23-,24-/m0/s1. The Morgan fingerprint density at radius 2 is 1.65 bits per heavy atom. The molecule has 1 aliphatic carbocycles. The van der Waals surface area contributed by atoms with Crippen molar-refractivity contribution in [3.05, 3.63) is 71.3 Å². The molecule has 7 nitrogen and oxygen atoms in total. The minimum absolute atomic E-state index is 0.0412. The van der Waals surface area contributed by atoms with E-state index in [1.54, 1.807) is 0 Å². The Kier molecular flexibility index (Phi) is 7.83. The molecule has 34 heavy (non-hydrogen) atoms. The van der Waals surface area contributed by atoms with Crippen molar-refractivity contribution in [1.82, 2.24) is 10.2 Å². The first-order chi connectivity index (χ1) is 16.6. The molecule has 0 bridgehead atoms. The number of benzene rings is 2. The van der Waals surface area contributed by atoms with Crippen LogP contribution in [0.1, 0.15) is 48.8 Å². The molecule has 2 aliphatic rings. The summed E-state index contributed by atoms with van der Waals surface area (Å²) in [5.41, 5.74) is 2.87. The molecule has 1 fully saturated rings. The predicted octanol–water partition coefficient (Wildman–Crippen LogP) is 3.99. The number of nitrogens with zero attached hydrogens (tertiary/aromatic N) is 1. The number of amides is 2. The van der Waals surface area contributed by atoms with Crippen molar-refractivity contribution in [2.24, 2.45) is 5.92 Å². The van der Waals surface area contributed by atoms with Crippen LogP contribution in [-0.2, 0) is 38.6 Å². The van der Waals surface area contributed by atoms with E-state index >= 15 is 0 Å². The third kappa shape index (κ3) is 5.58. The second kappa shape index (κ2) is 11.2. The fraction of sp³-hybridized carbons (Fsp3) is 0.444. The van der Waals surface area contributed by atoms with Gasteiger partial charge in [0.2, 0.25) is 5.91 Å². The fourth-order valence-electron chi connectivity index (χ4n) is 4.96. The molecule has 2 amide bonds. The maximum absolute atomic E-state index is 13.5. The Labute approximate surface area is 200 Å². The van der Waals surface area contributed by atoms with Crippen molar-refractivity contribution in [2.45, 2.75) is 63.8 Å². The highest BCUT2D eigenvalue weighted by Gasteiger charge is 2.39. The van der Waals surface area contributed by atoms with E-state index in [0.717, 1.165) is 48.8 Å². The minimum atomic E-state index is -0.770. The first-order valence-corrected chi connectivity index (χ1v) is 12.0. The number of nitrogens with one attached hydrogen (secondary N) is 1. The largest absolute Gasteiger partial charge is 0.467 e. The van der Waals surface area contributed by atoms with Crippen LogP contribution in [0, 0.1) is 5.92 Å². The van der Waals surface area contributed by atoms with Gasteiger partial charge in [0.25, 0.3) is 0 Å². The monoisotopic (exact) mass is 464 g/mol. The van der Waals surface area contributed by atoms with Gasteiger partial charge in [0.05, 0.1) is 13.7 Å². The Morgan fingerprint density at radius 3 is 2.35 bits per heavy atom. The summed E-state index contributed by atoms with van der Waals surface area (Å²) < 4.78 is 10.6. The van der Waals surface area contributed by atoms with Gasteiger partial charge in [-0.2, -0.15) is 0 Å². The topological polar surface area (TPSA) is 84.9 Å². The van der Waals surface area contributed by atoms with Crippen molar-refractivity contribution in [2.75, 3.05) is 7.11 Å². The third-order valence-corrected chi connectivity index (χ3v) is 6.86. The molecule has 1 aliphatic heterocycles. The average Bonchev–Trinajstić information content (AvgIpc) is 2.90. The lowest BCUT2D eigenvalue weighted by molar-refractivity contribution is -0.147. The Balaban J connectivity index is 1.52. The van der Waals surface area contributed by atoms with E-state index in [0.29, 0.717) is 6.42 Å². The molecule has 2 aromatic carbocycles. The molecule has 2 aromatic rings. The van der Waals surface area contributed by atoms with E-state index in [9.17, 15) is 14.4 Å². The van der Waals surface area contributed by atoms with Gasteiger partial charge in [-0.25, -0.2) is 9.59 Å². The summed E-state index contributed by atoms with van der Waals surface area (Å²) in [4.78, 5) is 40.6. The first-order valence-electron chi connectivity index (χ1n) is 12.0. The van der Waals surface area contributed by atoms with Crippen LogP contribution in [0.15, 0.2) is 54.6 Å². The molecule has 180 valence electrons. The van der Waals surface area contributed by atoms with Crippen LogP contribution >= 0.6 is 0 Å². The molecule has 1 heterocycles. The van der Waals surface area contributed by atoms with Gasteiger partial charge in [-0.15, -0.1) is 0 Å². The van der Waals surface area contributed by atoms with Gasteiger partial charge in [-0.3, -0.25) is 9.69 Å². The molecule has 0 unspecified atom stereocenters. The van der Waals surface area contributed by atoms with Crippen LogP contribution < -0.4 is 5.32 Å². The molecule has 1 saturated carbocycles. The maximum Gasteiger partial charge on any atom is 0.411 e. The molecular formula is C27H32N2O5. The Bertz CT molecular complexity index is 1000. The van der Waals surface area contributed by atoms with Gasteiger partial charge < -0.3 is 14.8 Å². The summed E-state index contributed by atoms with van der Waals surface area (Å²) in [5.74, 6) is -0.749. The zero-order chi connectivity index (χ0) is 23.9. The van der Waals surface area contributed by atoms with Gasteiger partial charge in [0.15, 0.2) is 0 Å². The normalized spacial score (nSPS) is 19.0. The number of hydrogen-bond acceptors (Lipinski definition) is 5. The zero-order valence-electron chi connectivity index (χ0n) is 19.6. The van der Waals surface area contributed by atoms with Crippen LogP contribution in [0.25, 0.3) is 0 Å². The van der Waals surface area contributed by atoms with Crippen LogP contribution in [0.2, 0.25) is 0 Å². The summed E-state index contributed by atoms with van der Waals surface area (Å²) in [6.07, 6.45) is 4.75. The van der Waals surface area contributed by atoms with Crippen LogP contribution in [-0.4, -0.2) is 42.1 Å². The number of carbonyl (C=O) groups excluding carboxylic acids is 3. The third-order valence-electron chi connectivity index (χ3n) is 6.86. The molecule has 7 heteroatoms. The van der Waals surface area contributed by atoms with E-state index in [2.05, 4.69) is 5.32 Å². The Hall–Kier alpha value is -3.35. The highest BCUT2D eigenvalue weighted by molar-refractivity contribution is 5.90. The molecule has 0 radical (unpaired) electrons. The summed E-state index contributed by atoms with van der Waals surface area (Å²) in [5, 5.41) is 2.93. The summed E-state index contributed by atoms with van der Waals surface area (Å²) >= 11 is 0. The number of carbonyl (C=O) groups is 3. The summed E-state index contributed by atoms with van der Waals surface area (Å²) in [6.45, 7) is 0.396. The van der Waals surface area contributed by atoms with Gasteiger partial charge in [-0.1, -0.05) is 73.9 Å². The maximum atomic E-state index is 13.5. The van der Waals surface area contributed by atoms with E-state index in [4.69, 9.17) is 9.47 Å². The molecule has 4 rings (SSSR count). The SMILES string of the molecule is COC(=O)[C@@H](NC(=O)[C@@H]1Cc2ccccc2CN1C(=O)OCc1ccccc1)C1CCCCC1. The molecule has 2 atom stereocenters. The minimum Gasteiger partial charge on any atom is -0.467 e. The lowest BCUT2D eigenvalue weighted by atomic mass is 9.83. The van der Waals surface area contributed by atoms with Crippen molar-refractivity contribution in [1.29, 1.82) is 0 Å². The van der Waals surface area contributed by atoms with Crippen molar-refractivity contribution >= 4 is 18.0 Å². The number of rotatable bonds is 6. The smallest absolute Gasteiger partial charge is 0.411 e. The van der Waals surface area contributed by atoms with Gasteiger partial charge in [-0.05, 0) is 35.4 Å². The number of methoxy groups -OCH3 is 1. The van der Waals surface area contributed by atoms with Crippen molar-refractivity contribution < 1.29 is 23.9 Å². The van der Waals surface area contributed by atoms with Gasteiger partial charge in [0.1, 0.15) is 18.7 Å². The fourth-order valence-corrected chi connectivity index (χ4v) is 4.96. The van der Waals surface area contributed by atoms with E-state index in [1.165, 1.54) is 12.0 Å². The highest BCUT2D eigenvalue weighted by Crippen LogP contribution is 2.28. The van der Waals surface area contributed by atoms with E-state index < -0.39 is 24.1 Å². The second-order valence-corrected chi connectivity index (χ2v) is 9.06.